The summed E-state index contributed by atoms with van der Waals surface area (Å²) in [7, 11) is 0. The molecule has 0 radical (unpaired) electrons. The number of anilines is 1. The predicted octanol–water partition coefficient (Wildman–Crippen LogP) is 4.27. The van der Waals surface area contributed by atoms with E-state index in [1.165, 1.54) is 22.3 Å². The Morgan fingerprint density at radius 1 is 1.41 bits per heavy atom. The monoisotopic (exact) mass is 321 g/mol. The van der Waals surface area contributed by atoms with Crippen molar-refractivity contribution in [3.05, 3.63) is 27.7 Å². The molecule has 120 valence electrons. The lowest BCUT2D eigenvalue weighted by Crippen LogP contribution is -2.15. The van der Waals surface area contributed by atoms with Crippen molar-refractivity contribution in [3.63, 3.8) is 0 Å². The van der Waals surface area contributed by atoms with Crippen molar-refractivity contribution < 1.29 is 14.3 Å². The molecule has 5 heteroatoms. The minimum atomic E-state index is -0.332. The van der Waals surface area contributed by atoms with E-state index in [4.69, 9.17) is 4.74 Å². The standard InChI is InChI=1S/C17H23NO3S/c1-5-21-17(20)15-14-11(4)7-6-8-12(14)22-16(15)18-13(19)9-10(2)3/h9,11H,5-8H2,1-4H3,(H,18,19). The lowest BCUT2D eigenvalue weighted by Gasteiger charge is -2.19. The van der Waals surface area contributed by atoms with Crippen molar-refractivity contribution in [1.29, 1.82) is 0 Å². The fraction of sp³-hybridized carbons (Fsp3) is 0.529. The average molecular weight is 321 g/mol. The molecule has 4 nitrogen and oxygen atoms in total. The van der Waals surface area contributed by atoms with E-state index in [0.29, 0.717) is 23.1 Å². The predicted molar refractivity (Wildman–Crippen MR) is 89.7 cm³/mol. The van der Waals surface area contributed by atoms with Crippen molar-refractivity contribution in [3.8, 4) is 0 Å². The van der Waals surface area contributed by atoms with Crippen LogP contribution in [0.5, 0.6) is 0 Å². The van der Waals surface area contributed by atoms with Gasteiger partial charge < -0.3 is 10.1 Å². The van der Waals surface area contributed by atoms with Gasteiger partial charge in [-0.2, -0.15) is 0 Å². The van der Waals surface area contributed by atoms with Crippen LogP contribution in [0.1, 0.15) is 67.3 Å². The van der Waals surface area contributed by atoms with Crippen LogP contribution in [0.4, 0.5) is 5.00 Å². The van der Waals surface area contributed by atoms with E-state index in [9.17, 15) is 9.59 Å². The molecule has 1 N–H and O–H groups in total. The largest absolute Gasteiger partial charge is 0.462 e. The van der Waals surface area contributed by atoms with Gasteiger partial charge in [-0.15, -0.1) is 11.3 Å². The molecule has 0 aromatic carbocycles. The summed E-state index contributed by atoms with van der Waals surface area (Å²) in [4.78, 5) is 25.6. The molecule has 22 heavy (non-hydrogen) atoms. The van der Waals surface area contributed by atoms with Crippen LogP contribution in [0.3, 0.4) is 0 Å². The van der Waals surface area contributed by atoms with E-state index >= 15 is 0 Å². The number of amides is 1. The Bertz CT molecular complexity index is 612. The van der Waals surface area contributed by atoms with Crippen molar-refractivity contribution in [2.75, 3.05) is 11.9 Å². The maximum atomic E-state index is 12.4. The Labute approximate surface area is 135 Å². The molecule has 1 atom stereocenters. The highest BCUT2D eigenvalue weighted by atomic mass is 32.1. The van der Waals surface area contributed by atoms with Crippen LogP contribution in [-0.2, 0) is 16.0 Å². The second-order valence-corrected chi connectivity index (χ2v) is 6.97. The first-order valence-electron chi connectivity index (χ1n) is 7.72. The zero-order valence-corrected chi connectivity index (χ0v) is 14.4. The van der Waals surface area contributed by atoms with Gasteiger partial charge in [-0.05, 0) is 51.5 Å². The smallest absolute Gasteiger partial charge is 0.341 e. The molecule has 1 unspecified atom stereocenters. The fourth-order valence-electron chi connectivity index (χ4n) is 2.82. The number of thiophene rings is 1. The summed E-state index contributed by atoms with van der Waals surface area (Å²) in [6, 6.07) is 0. The number of esters is 1. The molecule has 0 saturated heterocycles. The zero-order valence-electron chi connectivity index (χ0n) is 13.6. The maximum absolute atomic E-state index is 12.4. The number of carbonyl (C=O) groups excluding carboxylic acids is 2. The Morgan fingerprint density at radius 3 is 2.77 bits per heavy atom. The fourth-order valence-corrected chi connectivity index (χ4v) is 4.17. The van der Waals surface area contributed by atoms with Gasteiger partial charge in [-0.1, -0.05) is 12.5 Å². The van der Waals surface area contributed by atoms with Crippen molar-refractivity contribution in [2.45, 2.75) is 52.9 Å². The highest BCUT2D eigenvalue weighted by molar-refractivity contribution is 7.17. The van der Waals surface area contributed by atoms with Gasteiger partial charge in [0.2, 0.25) is 5.91 Å². The molecule has 1 aromatic heterocycles. The summed E-state index contributed by atoms with van der Waals surface area (Å²) in [5, 5.41) is 3.49. The number of rotatable bonds is 4. The van der Waals surface area contributed by atoms with Gasteiger partial charge in [0.05, 0.1) is 12.2 Å². The third-order valence-corrected chi connectivity index (χ3v) is 4.87. The molecular formula is C17H23NO3S. The molecule has 1 aliphatic carbocycles. The van der Waals surface area contributed by atoms with E-state index in [1.807, 2.05) is 13.8 Å². The third-order valence-electron chi connectivity index (χ3n) is 3.69. The van der Waals surface area contributed by atoms with Gasteiger partial charge in [0.1, 0.15) is 5.00 Å². The Kier molecular flexibility index (Phi) is 5.40. The molecule has 1 aromatic rings. The maximum Gasteiger partial charge on any atom is 0.341 e. The van der Waals surface area contributed by atoms with Crippen molar-refractivity contribution >= 4 is 28.2 Å². The lowest BCUT2D eigenvalue weighted by atomic mass is 9.86. The molecule has 1 aliphatic rings. The molecular weight excluding hydrogens is 298 g/mol. The molecule has 0 bridgehead atoms. The third kappa shape index (κ3) is 3.58. The summed E-state index contributed by atoms with van der Waals surface area (Å²) in [5.74, 6) is -0.202. The van der Waals surface area contributed by atoms with Gasteiger partial charge in [0.25, 0.3) is 0 Å². The molecule has 1 heterocycles. The summed E-state index contributed by atoms with van der Waals surface area (Å²) in [6.07, 6.45) is 4.70. The molecule has 0 fully saturated rings. The normalized spacial score (nSPS) is 16.6. The summed E-state index contributed by atoms with van der Waals surface area (Å²) in [5.41, 5.74) is 2.55. The second-order valence-electron chi connectivity index (χ2n) is 5.87. The highest BCUT2D eigenvalue weighted by Gasteiger charge is 2.30. The Hall–Kier alpha value is -1.62. The lowest BCUT2D eigenvalue weighted by molar-refractivity contribution is -0.111. The molecule has 0 aliphatic heterocycles. The molecule has 1 amide bonds. The highest BCUT2D eigenvalue weighted by Crippen LogP contribution is 2.43. The number of hydrogen-bond donors (Lipinski definition) is 1. The van der Waals surface area contributed by atoms with Crippen molar-refractivity contribution in [2.24, 2.45) is 0 Å². The van der Waals surface area contributed by atoms with Gasteiger partial charge in [-0.25, -0.2) is 4.79 Å². The second kappa shape index (κ2) is 7.09. The van der Waals surface area contributed by atoms with E-state index in [-0.39, 0.29) is 11.9 Å². The van der Waals surface area contributed by atoms with Crippen LogP contribution in [-0.4, -0.2) is 18.5 Å². The van der Waals surface area contributed by atoms with E-state index in [0.717, 1.165) is 30.4 Å². The Morgan fingerprint density at radius 2 is 2.14 bits per heavy atom. The zero-order chi connectivity index (χ0) is 16.3. The molecule has 0 saturated carbocycles. The number of hydrogen-bond acceptors (Lipinski definition) is 4. The number of nitrogens with one attached hydrogen (secondary N) is 1. The van der Waals surface area contributed by atoms with E-state index in [2.05, 4.69) is 12.2 Å². The number of allylic oxidation sites excluding steroid dienone is 1. The number of carbonyl (C=O) groups is 2. The van der Waals surface area contributed by atoms with Gasteiger partial charge in [0, 0.05) is 11.0 Å². The first kappa shape index (κ1) is 16.7. The molecule has 0 spiro atoms. The average Bonchev–Trinajstić information content (AvgIpc) is 2.77. The topological polar surface area (TPSA) is 55.4 Å². The van der Waals surface area contributed by atoms with Crippen LogP contribution in [0.2, 0.25) is 0 Å². The van der Waals surface area contributed by atoms with Crippen LogP contribution >= 0.6 is 11.3 Å². The summed E-state index contributed by atoms with van der Waals surface area (Å²) < 4.78 is 5.21. The van der Waals surface area contributed by atoms with Crippen LogP contribution in [0.25, 0.3) is 0 Å². The van der Waals surface area contributed by atoms with Gasteiger partial charge >= 0.3 is 5.97 Å². The van der Waals surface area contributed by atoms with E-state index in [1.54, 1.807) is 6.92 Å². The van der Waals surface area contributed by atoms with Gasteiger partial charge in [0.15, 0.2) is 0 Å². The van der Waals surface area contributed by atoms with Crippen LogP contribution < -0.4 is 5.32 Å². The van der Waals surface area contributed by atoms with E-state index < -0.39 is 0 Å². The minimum Gasteiger partial charge on any atom is -0.462 e. The first-order chi connectivity index (χ1) is 10.4. The summed E-state index contributed by atoms with van der Waals surface area (Å²) >= 11 is 1.51. The Balaban J connectivity index is 2.42. The number of fused-ring (bicyclic) bond motifs is 1. The number of aryl methyl sites for hydroxylation is 1. The first-order valence-corrected chi connectivity index (χ1v) is 8.54. The van der Waals surface area contributed by atoms with Crippen LogP contribution in [0, 0.1) is 0 Å². The minimum absolute atomic E-state index is 0.197. The number of ether oxygens (including phenoxy) is 1. The quantitative estimate of drug-likeness (QED) is 0.665. The summed E-state index contributed by atoms with van der Waals surface area (Å²) in [6.45, 7) is 8.00. The van der Waals surface area contributed by atoms with Crippen molar-refractivity contribution in [1.82, 2.24) is 0 Å². The van der Waals surface area contributed by atoms with Crippen LogP contribution in [0.15, 0.2) is 11.6 Å². The SMILES string of the molecule is CCOC(=O)c1c(NC(=O)C=C(C)C)sc2c1C(C)CCC2. The molecule has 2 rings (SSSR count). The van der Waals surface area contributed by atoms with Gasteiger partial charge in [-0.3, -0.25) is 4.79 Å².